The van der Waals surface area contributed by atoms with Gasteiger partial charge in [-0.05, 0) is 70.1 Å². The van der Waals surface area contributed by atoms with Crippen LogP contribution in [0.25, 0.3) is 0 Å². The lowest BCUT2D eigenvalue weighted by Gasteiger charge is -2.41. The minimum Gasteiger partial charge on any atom is -0.493 e. The molecule has 0 radical (unpaired) electrons. The first-order chi connectivity index (χ1) is 14.0. The summed E-state index contributed by atoms with van der Waals surface area (Å²) in [6, 6.07) is 6.21. The third kappa shape index (κ3) is 4.39. The molecule has 5 heteroatoms. The van der Waals surface area contributed by atoms with Crippen molar-refractivity contribution in [3.8, 4) is 11.5 Å². The molecule has 0 aromatic heterocycles. The van der Waals surface area contributed by atoms with Crippen molar-refractivity contribution in [2.75, 3.05) is 13.7 Å². The topological polar surface area (TPSA) is 56.8 Å². The van der Waals surface area contributed by atoms with E-state index in [1.807, 2.05) is 19.9 Å². The second kappa shape index (κ2) is 9.10. The number of allylic oxidation sites excluding steroid dienone is 1. The number of carbonyl (C=O) groups is 1. The number of ether oxygens (including phenoxy) is 3. The van der Waals surface area contributed by atoms with Crippen LogP contribution in [0.5, 0.6) is 11.5 Å². The lowest BCUT2D eigenvalue weighted by atomic mass is 9.68. The lowest BCUT2D eigenvalue weighted by Crippen LogP contribution is -2.50. The monoisotopic (exact) mass is 401 g/mol. The highest BCUT2D eigenvalue weighted by Gasteiger charge is 2.49. The van der Waals surface area contributed by atoms with Crippen molar-refractivity contribution in [2.45, 2.75) is 83.8 Å². The highest BCUT2D eigenvalue weighted by Crippen LogP contribution is 2.47. The average molecular weight is 402 g/mol. The van der Waals surface area contributed by atoms with Gasteiger partial charge in [0.1, 0.15) is 6.61 Å². The Morgan fingerprint density at radius 3 is 2.45 bits per heavy atom. The van der Waals surface area contributed by atoms with E-state index < -0.39 is 0 Å². The van der Waals surface area contributed by atoms with Gasteiger partial charge in [-0.1, -0.05) is 31.1 Å². The van der Waals surface area contributed by atoms with E-state index in [0.29, 0.717) is 6.61 Å². The predicted octanol–water partition coefficient (Wildman–Crippen LogP) is 5.74. The first kappa shape index (κ1) is 21.5. The Balaban J connectivity index is 0.00000117. The summed E-state index contributed by atoms with van der Waals surface area (Å²) < 4.78 is 17.2. The van der Waals surface area contributed by atoms with E-state index in [0.717, 1.165) is 37.2 Å². The number of rotatable bonds is 4. The van der Waals surface area contributed by atoms with Crippen LogP contribution in [0.3, 0.4) is 0 Å². The molecule has 0 bridgehead atoms. The number of carbonyl (C=O) groups excluding carboxylic acids is 1. The summed E-state index contributed by atoms with van der Waals surface area (Å²) in [6.45, 7) is 8.75. The zero-order valence-electron chi connectivity index (χ0n) is 18.5. The van der Waals surface area contributed by atoms with Crippen LogP contribution in [0.15, 0.2) is 29.3 Å². The minimum atomic E-state index is -0.375. The van der Waals surface area contributed by atoms with Crippen LogP contribution in [-0.2, 0) is 4.74 Å². The van der Waals surface area contributed by atoms with Gasteiger partial charge in [0.15, 0.2) is 11.5 Å². The van der Waals surface area contributed by atoms with E-state index in [9.17, 15) is 4.79 Å². The number of benzene rings is 1. The van der Waals surface area contributed by atoms with Gasteiger partial charge in [-0.2, -0.15) is 0 Å². The number of hydrogen-bond acceptors (Lipinski definition) is 4. The Hall–Kier alpha value is -2.17. The van der Waals surface area contributed by atoms with Gasteiger partial charge in [-0.25, -0.2) is 4.79 Å². The molecular weight excluding hydrogens is 366 g/mol. The van der Waals surface area contributed by atoms with Crippen LogP contribution in [-0.4, -0.2) is 31.5 Å². The van der Waals surface area contributed by atoms with Gasteiger partial charge in [0.05, 0.1) is 18.8 Å². The molecule has 2 unspecified atom stereocenters. The molecule has 1 aromatic rings. The maximum Gasteiger partial charge on any atom is 0.407 e. The zero-order valence-corrected chi connectivity index (χ0v) is 18.5. The van der Waals surface area contributed by atoms with Gasteiger partial charge in [0, 0.05) is 5.92 Å². The highest BCUT2D eigenvalue weighted by atomic mass is 16.6. The van der Waals surface area contributed by atoms with E-state index in [1.165, 1.54) is 29.6 Å². The van der Waals surface area contributed by atoms with Crippen molar-refractivity contribution < 1.29 is 19.0 Å². The maximum absolute atomic E-state index is 11.9. The molecule has 1 amide bonds. The maximum atomic E-state index is 11.9. The Morgan fingerprint density at radius 1 is 1.10 bits per heavy atom. The van der Waals surface area contributed by atoms with Crippen LogP contribution in [0, 0.1) is 0 Å². The van der Waals surface area contributed by atoms with Crippen molar-refractivity contribution in [3.05, 3.63) is 34.9 Å². The number of amides is 1. The quantitative estimate of drug-likeness (QED) is 0.654. The summed E-state index contributed by atoms with van der Waals surface area (Å²) in [4.78, 5) is 11.9. The molecule has 160 valence electrons. The van der Waals surface area contributed by atoms with Crippen LogP contribution in [0.4, 0.5) is 4.79 Å². The SMILES string of the molecule is CC.COc1ccc(C2CC(C)=C(C)CC23COC(=O)N3)cc1OC1CCCC1. The van der Waals surface area contributed by atoms with E-state index in [4.69, 9.17) is 14.2 Å². The summed E-state index contributed by atoms with van der Waals surface area (Å²) in [5.41, 5.74) is 3.52. The number of methoxy groups -OCH3 is 1. The third-order valence-corrected chi connectivity index (χ3v) is 6.48. The summed E-state index contributed by atoms with van der Waals surface area (Å²) in [6.07, 6.45) is 6.34. The predicted molar refractivity (Wildman–Crippen MR) is 115 cm³/mol. The molecule has 1 saturated heterocycles. The average Bonchev–Trinajstić information content (AvgIpc) is 3.36. The van der Waals surface area contributed by atoms with Gasteiger partial charge in [0.25, 0.3) is 0 Å². The Bertz CT molecular complexity index is 766. The molecule has 29 heavy (non-hydrogen) atoms. The van der Waals surface area contributed by atoms with Crippen LogP contribution in [0.2, 0.25) is 0 Å². The van der Waals surface area contributed by atoms with Crippen LogP contribution >= 0.6 is 0 Å². The molecular formula is C24H35NO4. The fourth-order valence-electron chi connectivity index (χ4n) is 4.80. The third-order valence-electron chi connectivity index (χ3n) is 6.48. The van der Waals surface area contributed by atoms with Crippen molar-refractivity contribution in [3.63, 3.8) is 0 Å². The molecule has 2 aliphatic carbocycles. The fourth-order valence-corrected chi connectivity index (χ4v) is 4.80. The van der Waals surface area contributed by atoms with Crippen molar-refractivity contribution in [1.82, 2.24) is 5.32 Å². The Labute approximate surface area is 174 Å². The molecule has 1 saturated carbocycles. The standard InChI is InChI=1S/C22H29NO4.C2H6/c1-14-10-18(22(12-15(14)2)13-26-21(24)23-22)16-8-9-19(25-3)20(11-16)27-17-6-4-5-7-17;1-2/h8-9,11,17-18H,4-7,10,12-13H2,1-3H3,(H,23,24);1-2H3. The first-order valence-corrected chi connectivity index (χ1v) is 11.0. The van der Waals surface area contributed by atoms with E-state index in [-0.39, 0.29) is 23.7 Å². The van der Waals surface area contributed by atoms with Gasteiger partial charge < -0.3 is 19.5 Å². The Kier molecular flexibility index (Phi) is 6.76. The van der Waals surface area contributed by atoms with Crippen molar-refractivity contribution >= 4 is 6.09 Å². The summed E-state index contributed by atoms with van der Waals surface area (Å²) in [7, 11) is 1.68. The van der Waals surface area contributed by atoms with Crippen molar-refractivity contribution in [1.29, 1.82) is 0 Å². The molecule has 1 heterocycles. The fraction of sp³-hybridized carbons (Fsp3) is 0.625. The molecule has 2 atom stereocenters. The van der Waals surface area contributed by atoms with E-state index in [2.05, 4.69) is 31.3 Å². The zero-order chi connectivity index (χ0) is 21.0. The smallest absolute Gasteiger partial charge is 0.407 e. The Morgan fingerprint density at radius 2 is 1.83 bits per heavy atom. The molecule has 1 aromatic carbocycles. The van der Waals surface area contributed by atoms with E-state index >= 15 is 0 Å². The number of nitrogens with one attached hydrogen (secondary N) is 1. The molecule has 1 spiro atoms. The van der Waals surface area contributed by atoms with Gasteiger partial charge in [-0.3, -0.25) is 0 Å². The summed E-state index contributed by atoms with van der Waals surface area (Å²) in [5, 5.41) is 3.12. The molecule has 1 N–H and O–H groups in total. The van der Waals surface area contributed by atoms with Gasteiger partial charge >= 0.3 is 6.09 Å². The minimum absolute atomic E-state index is 0.157. The number of hydrogen-bond donors (Lipinski definition) is 1. The molecule has 5 nitrogen and oxygen atoms in total. The van der Waals surface area contributed by atoms with E-state index in [1.54, 1.807) is 7.11 Å². The van der Waals surface area contributed by atoms with Crippen LogP contribution < -0.4 is 14.8 Å². The molecule has 1 aliphatic heterocycles. The molecule has 2 fully saturated rings. The lowest BCUT2D eigenvalue weighted by molar-refractivity contribution is 0.166. The summed E-state index contributed by atoms with van der Waals surface area (Å²) in [5.74, 6) is 1.74. The van der Waals surface area contributed by atoms with Crippen molar-refractivity contribution in [2.24, 2.45) is 0 Å². The summed E-state index contributed by atoms with van der Waals surface area (Å²) >= 11 is 0. The second-order valence-corrected chi connectivity index (χ2v) is 8.29. The highest BCUT2D eigenvalue weighted by molar-refractivity contribution is 5.71. The first-order valence-electron chi connectivity index (χ1n) is 11.0. The normalized spacial score (nSPS) is 26.7. The number of cyclic esters (lactones) is 1. The molecule has 4 rings (SSSR count). The van der Waals surface area contributed by atoms with Gasteiger partial charge in [0.2, 0.25) is 0 Å². The molecule has 3 aliphatic rings. The number of alkyl carbamates (subject to hydrolysis) is 1. The van der Waals surface area contributed by atoms with Gasteiger partial charge in [-0.15, -0.1) is 0 Å². The van der Waals surface area contributed by atoms with Crippen LogP contribution in [0.1, 0.15) is 77.7 Å². The largest absolute Gasteiger partial charge is 0.493 e. The second-order valence-electron chi connectivity index (χ2n) is 8.29.